The van der Waals surface area contributed by atoms with Crippen molar-refractivity contribution < 1.29 is 19.1 Å². The molecule has 0 aromatic heterocycles. The Morgan fingerprint density at radius 2 is 1.47 bits per heavy atom. The quantitative estimate of drug-likeness (QED) is 0.502. The molecule has 0 radical (unpaired) electrons. The Morgan fingerprint density at radius 3 is 2.06 bits per heavy atom. The van der Waals surface area contributed by atoms with Gasteiger partial charge in [0.05, 0.1) is 17.9 Å². The van der Waals surface area contributed by atoms with Crippen LogP contribution in [0.15, 0.2) is 78.5 Å². The highest BCUT2D eigenvalue weighted by molar-refractivity contribution is 6.46. The zero-order chi connectivity index (χ0) is 24.2. The second kappa shape index (κ2) is 9.62. The summed E-state index contributed by atoms with van der Waals surface area (Å²) < 4.78 is 5.51. The van der Waals surface area contributed by atoms with Crippen LogP contribution in [0, 0.1) is 6.92 Å². The van der Waals surface area contributed by atoms with Crippen molar-refractivity contribution in [1.29, 1.82) is 0 Å². The molecule has 3 aromatic carbocycles. The summed E-state index contributed by atoms with van der Waals surface area (Å²) in [6.07, 6.45) is 0. The Bertz CT molecular complexity index is 1260. The molecule has 0 saturated carbocycles. The van der Waals surface area contributed by atoms with E-state index in [0.29, 0.717) is 35.0 Å². The van der Waals surface area contributed by atoms with E-state index in [9.17, 15) is 14.4 Å². The highest BCUT2D eigenvalue weighted by Crippen LogP contribution is 2.34. The van der Waals surface area contributed by atoms with Gasteiger partial charge >= 0.3 is 0 Å². The Morgan fingerprint density at radius 1 is 0.853 bits per heavy atom. The largest absolute Gasteiger partial charge is 0.494 e. The van der Waals surface area contributed by atoms with E-state index >= 15 is 0 Å². The van der Waals surface area contributed by atoms with Crippen molar-refractivity contribution in [3.05, 3.63) is 89.6 Å². The summed E-state index contributed by atoms with van der Waals surface area (Å²) in [5.74, 6) is -0.340. The van der Waals surface area contributed by atoms with Gasteiger partial charge in [0.2, 0.25) is 5.91 Å². The first-order valence-electron chi connectivity index (χ1n) is 10.9. The van der Waals surface area contributed by atoms with E-state index in [1.807, 2.05) is 26.0 Å². The number of benzene rings is 3. The molecule has 4 rings (SSSR count). The van der Waals surface area contributed by atoms with E-state index in [1.165, 1.54) is 11.8 Å². The molecule has 1 heterocycles. The molecular formula is C27H25N3O4. The van der Waals surface area contributed by atoms with Gasteiger partial charge in [-0.3, -0.25) is 14.4 Å². The van der Waals surface area contributed by atoms with Gasteiger partial charge in [0.25, 0.3) is 11.8 Å². The first-order valence-corrected chi connectivity index (χ1v) is 10.9. The number of hydrogen-bond acceptors (Lipinski definition) is 5. The molecule has 2 N–H and O–H groups in total. The zero-order valence-corrected chi connectivity index (χ0v) is 19.2. The monoisotopic (exact) mass is 455 g/mol. The lowest BCUT2D eigenvalue weighted by atomic mass is 10.0. The van der Waals surface area contributed by atoms with Crippen molar-refractivity contribution in [2.45, 2.75) is 20.8 Å². The van der Waals surface area contributed by atoms with Crippen molar-refractivity contribution in [2.24, 2.45) is 0 Å². The first kappa shape index (κ1) is 22.8. The van der Waals surface area contributed by atoms with Crippen molar-refractivity contribution >= 4 is 40.4 Å². The number of aryl methyl sites for hydroxylation is 1. The van der Waals surface area contributed by atoms with Crippen molar-refractivity contribution in [3.63, 3.8) is 0 Å². The number of hydrogen-bond donors (Lipinski definition) is 2. The first-order chi connectivity index (χ1) is 16.4. The minimum atomic E-state index is -0.441. The second-order valence-corrected chi connectivity index (χ2v) is 7.87. The number of nitrogens with zero attached hydrogens (tertiary/aromatic N) is 1. The minimum absolute atomic E-state index is 0.175. The lowest BCUT2D eigenvalue weighted by molar-refractivity contribution is -0.120. The molecule has 0 fully saturated rings. The van der Waals surface area contributed by atoms with Crippen LogP contribution in [0.5, 0.6) is 5.75 Å². The maximum Gasteiger partial charge on any atom is 0.282 e. The average molecular weight is 456 g/mol. The van der Waals surface area contributed by atoms with E-state index in [1.54, 1.807) is 60.7 Å². The molecule has 3 aromatic rings. The second-order valence-electron chi connectivity index (χ2n) is 7.87. The van der Waals surface area contributed by atoms with Crippen molar-refractivity contribution in [3.8, 4) is 5.75 Å². The van der Waals surface area contributed by atoms with Gasteiger partial charge in [-0.1, -0.05) is 29.8 Å². The molecule has 1 aliphatic heterocycles. The number of imide groups is 1. The Hall–Kier alpha value is -4.39. The third-order valence-corrected chi connectivity index (χ3v) is 5.30. The summed E-state index contributed by atoms with van der Waals surface area (Å²) >= 11 is 0. The summed E-state index contributed by atoms with van der Waals surface area (Å²) in [7, 11) is 0. The van der Waals surface area contributed by atoms with Gasteiger partial charge in [0.15, 0.2) is 0 Å². The molecule has 7 heteroatoms. The maximum absolute atomic E-state index is 13.5. The van der Waals surface area contributed by atoms with E-state index < -0.39 is 11.8 Å². The van der Waals surface area contributed by atoms with E-state index in [0.717, 1.165) is 5.56 Å². The van der Waals surface area contributed by atoms with Crippen LogP contribution in [0.2, 0.25) is 0 Å². The van der Waals surface area contributed by atoms with Crippen LogP contribution in [-0.2, 0) is 14.4 Å². The highest BCUT2D eigenvalue weighted by atomic mass is 16.5. The molecule has 34 heavy (non-hydrogen) atoms. The molecule has 1 aliphatic rings. The molecule has 7 nitrogen and oxygen atoms in total. The van der Waals surface area contributed by atoms with Gasteiger partial charge in [-0.25, -0.2) is 4.90 Å². The zero-order valence-electron chi connectivity index (χ0n) is 19.2. The summed E-state index contributed by atoms with van der Waals surface area (Å²) in [5, 5.41) is 5.83. The predicted octanol–water partition coefficient (Wildman–Crippen LogP) is 4.75. The van der Waals surface area contributed by atoms with E-state index in [2.05, 4.69) is 10.6 Å². The fraction of sp³-hybridized carbons (Fsp3) is 0.148. The Balaban J connectivity index is 1.73. The molecule has 0 saturated heterocycles. The molecule has 0 spiro atoms. The number of anilines is 3. The number of rotatable bonds is 7. The van der Waals surface area contributed by atoms with Crippen LogP contribution in [0.25, 0.3) is 5.57 Å². The van der Waals surface area contributed by atoms with Gasteiger partial charge < -0.3 is 15.4 Å². The number of ether oxygens (including phenoxy) is 1. The lowest BCUT2D eigenvalue weighted by Crippen LogP contribution is -2.32. The number of carbonyl (C=O) groups is 3. The molecule has 0 bridgehead atoms. The fourth-order valence-corrected chi connectivity index (χ4v) is 3.71. The number of amides is 3. The third-order valence-electron chi connectivity index (χ3n) is 5.30. The van der Waals surface area contributed by atoms with E-state index in [4.69, 9.17) is 4.74 Å². The lowest BCUT2D eigenvalue weighted by Gasteiger charge is -2.15. The molecular weight excluding hydrogens is 430 g/mol. The molecule has 0 aliphatic carbocycles. The predicted molar refractivity (Wildman–Crippen MR) is 133 cm³/mol. The van der Waals surface area contributed by atoms with Gasteiger partial charge in [-0.2, -0.15) is 0 Å². The fourth-order valence-electron chi connectivity index (χ4n) is 3.71. The van der Waals surface area contributed by atoms with Crippen molar-refractivity contribution in [1.82, 2.24) is 0 Å². The summed E-state index contributed by atoms with van der Waals surface area (Å²) in [4.78, 5) is 39.5. The Kier molecular flexibility index (Phi) is 6.45. The molecule has 3 amide bonds. The van der Waals surface area contributed by atoms with Crippen LogP contribution in [0.4, 0.5) is 17.1 Å². The van der Waals surface area contributed by atoms with Crippen LogP contribution >= 0.6 is 0 Å². The topological polar surface area (TPSA) is 87.7 Å². The summed E-state index contributed by atoms with van der Waals surface area (Å²) in [5.41, 5.74) is 3.84. The van der Waals surface area contributed by atoms with Gasteiger partial charge in [0.1, 0.15) is 11.4 Å². The third kappa shape index (κ3) is 4.68. The van der Waals surface area contributed by atoms with Crippen molar-refractivity contribution in [2.75, 3.05) is 22.1 Å². The Labute approximate surface area is 198 Å². The number of carbonyl (C=O) groups excluding carboxylic acids is 3. The van der Waals surface area contributed by atoms with Crippen LogP contribution < -0.4 is 20.3 Å². The number of nitrogens with one attached hydrogen (secondary N) is 2. The van der Waals surface area contributed by atoms with Gasteiger partial charge in [0, 0.05) is 18.3 Å². The molecule has 0 unspecified atom stereocenters. The van der Waals surface area contributed by atoms with Crippen LogP contribution in [0.1, 0.15) is 25.0 Å². The smallest absolute Gasteiger partial charge is 0.282 e. The maximum atomic E-state index is 13.5. The summed E-state index contributed by atoms with van der Waals surface area (Å²) in [6.45, 7) is 5.80. The normalized spacial score (nSPS) is 13.3. The van der Waals surface area contributed by atoms with E-state index in [-0.39, 0.29) is 17.2 Å². The molecule has 172 valence electrons. The summed E-state index contributed by atoms with van der Waals surface area (Å²) in [6, 6.07) is 21.2. The van der Waals surface area contributed by atoms with Gasteiger partial charge in [-0.15, -0.1) is 0 Å². The van der Waals surface area contributed by atoms with Gasteiger partial charge in [-0.05, 0) is 67.9 Å². The standard InChI is InChI=1S/C27H25N3O4/c1-4-34-23-15-7-19(8-16-23)24-25(29-21-11-9-20(10-12-21)28-18(3)31)27(33)30(26(24)32)22-13-5-17(2)6-14-22/h5-16,29H,4H2,1-3H3,(H,28,31). The highest BCUT2D eigenvalue weighted by Gasteiger charge is 2.40. The van der Waals surface area contributed by atoms with Crippen LogP contribution in [-0.4, -0.2) is 24.3 Å². The SMILES string of the molecule is CCOc1ccc(C2=C(Nc3ccc(NC(C)=O)cc3)C(=O)N(c3ccc(C)cc3)C2=O)cc1. The molecule has 0 atom stereocenters. The minimum Gasteiger partial charge on any atom is -0.494 e. The van der Waals surface area contributed by atoms with Crippen LogP contribution in [0.3, 0.4) is 0 Å². The average Bonchev–Trinajstić information content (AvgIpc) is 3.05.